The van der Waals surface area contributed by atoms with Crippen molar-refractivity contribution in [1.29, 1.82) is 0 Å². The third kappa shape index (κ3) is 5.24. The highest BCUT2D eigenvalue weighted by Gasteiger charge is 2.47. The third-order valence-electron chi connectivity index (χ3n) is 6.38. The summed E-state index contributed by atoms with van der Waals surface area (Å²) in [4.78, 5) is 46.8. The number of carbonyl (C=O) groups excluding carboxylic acids is 3. The molecule has 2 heterocycles. The van der Waals surface area contributed by atoms with E-state index in [-0.39, 0.29) is 30.7 Å². The molecule has 7 heteroatoms. The van der Waals surface area contributed by atoms with E-state index in [1.54, 1.807) is 36.3 Å². The third-order valence-corrected chi connectivity index (χ3v) is 6.38. The van der Waals surface area contributed by atoms with Crippen LogP contribution in [0.25, 0.3) is 0 Å². The molecule has 2 aromatic carbocycles. The first kappa shape index (κ1) is 24.1. The monoisotopic (exact) mass is 470 g/mol. The van der Waals surface area contributed by atoms with Gasteiger partial charge in [-0.25, -0.2) is 0 Å². The number of rotatable bonds is 7. The molecule has 2 aliphatic heterocycles. The number of anilines is 1. The SMILES string of the molecule is CCc1ccc(N(CC(=O)NCc2ccc(C)cc2)C(=O)C2(C)CC(=O)N=C3C=CC=CN32)cc1. The second-order valence-electron chi connectivity index (χ2n) is 9.06. The van der Waals surface area contributed by atoms with Crippen molar-refractivity contribution in [2.24, 2.45) is 4.99 Å². The van der Waals surface area contributed by atoms with Crippen molar-refractivity contribution in [2.45, 2.75) is 45.7 Å². The van der Waals surface area contributed by atoms with Crippen LogP contribution in [0, 0.1) is 6.92 Å². The number of fused-ring (bicyclic) bond motifs is 1. The lowest BCUT2D eigenvalue weighted by atomic mass is 9.90. The minimum Gasteiger partial charge on any atom is -0.350 e. The van der Waals surface area contributed by atoms with Crippen molar-refractivity contribution in [3.05, 3.63) is 89.6 Å². The number of hydrogen-bond donors (Lipinski definition) is 1. The summed E-state index contributed by atoms with van der Waals surface area (Å²) in [5, 5.41) is 2.91. The summed E-state index contributed by atoms with van der Waals surface area (Å²) >= 11 is 0. The number of aliphatic imine (C=N–C) groups is 1. The van der Waals surface area contributed by atoms with Gasteiger partial charge < -0.3 is 15.1 Å². The average Bonchev–Trinajstić information content (AvgIpc) is 2.86. The van der Waals surface area contributed by atoms with Crippen LogP contribution in [-0.2, 0) is 27.3 Å². The maximum absolute atomic E-state index is 14.1. The van der Waals surface area contributed by atoms with Gasteiger partial charge in [-0.1, -0.05) is 55.0 Å². The molecular formula is C28H30N4O3. The molecule has 2 aromatic rings. The van der Waals surface area contributed by atoms with E-state index in [0.717, 1.165) is 23.1 Å². The van der Waals surface area contributed by atoms with Crippen molar-refractivity contribution >= 4 is 29.2 Å². The summed E-state index contributed by atoms with van der Waals surface area (Å²) in [5.41, 5.74) is 2.64. The summed E-state index contributed by atoms with van der Waals surface area (Å²) in [5.74, 6) is -0.568. The largest absolute Gasteiger partial charge is 0.350 e. The highest BCUT2D eigenvalue weighted by Crippen LogP contribution is 2.31. The molecule has 0 radical (unpaired) electrons. The Hall–Kier alpha value is -4.00. The number of amides is 3. The van der Waals surface area contributed by atoms with Gasteiger partial charge in [0.1, 0.15) is 17.9 Å². The smallest absolute Gasteiger partial charge is 0.254 e. The molecule has 0 saturated carbocycles. The fourth-order valence-corrected chi connectivity index (χ4v) is 4.26. The van der Waals surface area contributed by atoms with E-state index in [1.807, 2.05) is 55.5 Å². The highest BCUT2D eigenvalue weighted by atomic mass is 16.2. The van der Waals surface area contributed by atoms with Crippen LogP contribution in [0.2, 0.25) is 0 Å². The Labute approximate surface area is 205 Å². The standard InChI is InChI=1S/C28H30N4O3/c1-4-21-12-14-23(15-13-21)31(19-26(34)29-18-22-10-8-20(2)9-11-22)27(35)28(3)17-25(33)30-24-7-5-6-16-32(24)28/h5-16H,4,17-19H2,1-3H3,(H,29,34). The van der Waals surface area contributed by atoms with Crippen LogP contribution in [0.3, 0.4) is 0 Å². The summed E-state index contributed by atoms with van der Waals surface area (Å²) in [6, 6.07) is 15.5. The van der Waals surface area contributed by atoms with Crippen LogP contribution in [-0.4, -0.2) is 40.5 Å². The quantitative estimate of drug-likeness (QED) is 0.669. The molecule has 2 aliphatic rings. The summed E-state index contributed by atoms with van der Waals surface area (Å²) < 4.78 is 0. The van der Waals surface area contributed by atoms with Gasteiger partial charge in [0.2, 0.25) is 5.91 Å². The Morgan fingerprint density at radius 3 is 2.43 bits per heavy atom. The first-order chi connectivity index (χ1) is 16.8. The van der Waals surface area contributed by atoms with Crippen molar-refractivity contribution in [1.82, 2.24) is 10.2 Å². The Bertz CT molecular complexity index is 1210. The van der Waals surface area contributed by atoms with Crippen LogP contribution in [0.5, 0.6) is 0 Å². The lowest BCUT2D eigenvalue weighted by Gasteiger charge is -2.44. The van der Waals surface area contributed by atoms with E-state index in [9.17, 15) is 14.4 Å². The van der Waals surface area contributed by atoms with Crippen LogP contribution < -0.4 is 10.2 Å². The number of amidine groups is 1. The molecule has 35 heavy (non-hydrogen) atoms. The molecule has 180 valence electrons. The van der Waals surface area contributed by atoms with Crippen molar-refractivity contribution in [3.63, 3.8) is 0 Å². The Morgan fingerprint density at radius 1 is 1.06 bits per heavy atom. The Balaban J connectivity index is 1.60. The second-order valence-corrected chi connectivity index (χ2v) is 9.06. The maximum Gasteiger partial charge on any atom is 0.254 e. The van der Waals surface area contributed by atoms with Gasteiger partial charge in [0, 0.05) is 18.4 Å². The summed E-state index contributed by atoms with van der Waals surface area (Å²) in [7, 11) is 0. The van der Waals surface area contributed by atoms with Gasteiger partial charge in [0.25, 0.3) is 11.8 Å². The molecular weight excluding hydrogens is 440 g/mol. The van der Waals surface area contributed by atoms with Crippen LogP contribution in [0.1, 0.15) is 37.0 Å². The van der Waals surface area contributed by atoms with Gasteiger partial charge in [-0.2, -0.15) is 4.99 Å². The molecule has 0 fully saturated rings. The highest BCUT2D eigenvalue weighted by molar-refractivity contribution is 6.13. The number of hydrogen-bond acceptors (Lipinski definition) is 4. The molecule has 1 atom stereocenters. The van der Waals surface area contributed by atoms with Crippen molar-refractivity contribution in [2.75, 3.05) is 11.4 Å². The number of nitrogens with one attached hydrogen (secondary N) is 1. The van der Waals surface area contributed by atoms with Crippen LogP contribution >= 0.6 is 0 Å². The summed E-state index contributed by atoms with van der Waals surface area (Å²) in [6.45, 7) is 5.99. The summed E-state index contributed by atoms with van der Waals surface area (Å²) in [6.07, 6.45) is 7.81. The van der Waals surface area contributed by atoms with Crippen molar-refractivity contribution in [3.8, 4) is 0 Å². The second kappa shape index (κ2) is 10.1. The van der Waals surface area contributed by atoms with E-state index in [4.69, 9.17) is 0 Å². The normalized spacial score (nSPS) is 18.7. The molecule has 0 bridgehead atoms. The number of carbonyl (C=O) groups is 3. The van der Waals surface area contributed by atoms with Gasteiger partial charge in [0.15, 0.2) is 0 Å². The fourth-order valence-electron chi connectivity index (χ4n) is 4.26. The molecule has 3 amide bonds. The number of allylic oxidation sites excluding steroid dienone is 2. The maximum atomic E-state index is 14.1. The predicted octanol–water partition coefficient (Wildman–Crippen LogP) is 3.68. The van der Waals surface area contributed by atoms with E-state index >= 15 is 0 Å². The zero-order valence-electron chi connectivity index (χ0n) is 20.3. The van der Waals surface area contributed by atoms with E-state index < -0.39 is 5.54 Å². The first-order valence-corrected chi connectivity index (χ1v) is 11.8. The Morgan fingerprint density at radius 2 is 1.74 bits per heavy atom. The molecule has 0 aliphatic carbocycles. The van der Waals surface area contributed by atoms with Crippen molar-refractivity contribution < 1.29 is 14.4 Å². The molecule has 0 aromatic heterocycles. The minimum atomic E-state index is -1.21. The van der Waals surface area contributed by atoms with Gasteiger partial charge in [-0.05, 0) is 55.7 Å². The zero-order chi connectivity index (χ0) is 25.0. The van der Waals surface area contributed by atoms with E-state index in [2.05, 4.69) is 17.2 Å². The van der Waals surface area contributed by atoms with Gasteiger partial charge in [-0.3, -0.25) is 14.4 Å². The molecule has 0 saturated heterocycles. The molecule has 1 unspecified atom stereocenters. The first-order valence-electron chi connectivity index (χ1n) is 11.8. The molecule has 1 N–H and O–H groups in total. The van der Waals surface area contributed by atoms with E-state index in [1.165, 1.54) is 4.90 Å². The number of benzene rings is 2. The zero-order valence-corrected chi connectivity index (χ0v) is 20.3. The van der Waals surface area contributed by atoms with Gasteiger partial charge in [0.05, 0.1) is 6.42 Å². The van der Waals surface area contributed by atoms with Gasteiger partial charge in [-0.15, -0.1) is 0 Å². The molecule has 0 spiro atoms. The topological polar surface area (TPSA) is 82.1 Å². The molecule has 7 nitrogen and oxygen atoms in total. The number of nitrogens with zero attached hydrogens (tertiary/aromatic N) is 3. The molecule has 4 rings (SSSR count). The van der Waals surface area contributed by atoms with E-state index in [0.29, 0.717) is 18.1 Å². The lowest BCUT2D eigenvalue weighted by Crippen LogP contribution is -2.61. The van der Waals surface area contributed by atoms with Gasteiger partial charge >= 0.3 is 0 Å². The predicted molar refractivity (Wildman–Crippen MR) is 137 cm³/mol. The van der Waals surface area contributed by atoms with Crippen LogP contribution in [0.15, 0.2) is 78.0 Å². The number of aryl methyl sites for hydroxylation is 2. The average molecular weight is 471 g/mol. The lowest BCUT2D eigenvalue weighted by molar-refractivity contribution is -0.133. The Kier molecular flexibility index (Phi) is 6.96. The van der Waals surface area contributed by atoms with Crippen LogP contribution in [0.4, 0.5) is 5.69 Å². The fraction of sp³-hybridized carbons (Fsp3) is 0.286. The minimum absolute atomic E-state index is 0.0813.